The van der Waals surface area contributed by atoms with Gasteiger partial charge in [-0.3, -0.25) is 0 Å². The topological polar surface area (TPSA) is 38.3 Å². The summed E-state index contributed by atoms with van der Waals surface area (Å²) >= 11 is 0. The second-order valence-electron chi connectivity index (χ2n) is 3.57. The number of ether oxygens (including phenoxy) is 1. The molecule has 0 saturated heterocycles. The van der Waals surface area contributed by atoms with Gasteiger partial charge in [-0.1, -0.05) is 12.1 Å². The summed E-state index contributed by atoms with van der Waals surface area (Å²) in [5.74, 6) is 1.80. The lowest BCUT2D eigenvalue weighted by Crippen LogP contribution is -1.84. The summed E-state index contributed by atoms with van der Waals surface area (Å²) in [6.07, 6.45) is 0. The third kappa shape index (κ3) is 0.892. The normalized spacial score (nSPS) is 12.5. The van der Waals surface area contributed by atoms with Crippen LogP contribution in [0.2, 0.25) is 0 Å². The van der Waals surface area contributed by atoms with Crippen LogP contribution in [-0.2, 0) is 0 Å². The van der Waals surface area contributed by atoms with Crippen LogP contribution in [-0.4, -0.2) is 9.97 Å². The first kappa shape index (κ1) is 7.17. The van der Waals surface area contributed by atoms with Crippen LogP contribution < -0.4 is 4.74 Å². The standard InChI is InChI=1S/C12H6N2O/c1-2-4-8-7(3-1)13-9-5-6-10-12(15-10)11(9)14-8/h1-6H. The van der Waals surface area contributed by atoms with Crippen molar-refractivity contribution < 1.29 is 4.74 Å². The molecule has 15 heavy (non-hydrogen) atoms. The van der Waals surface area contributed by atoms with Crippen LogP contribution in [0.1, 0.15) is 0 Å². The van der Waals surface area contributed by atoms with Crippen molar-refractivity contribution in [2.75, 3.05) is 0 Å². The number of hydrogen-bond acceptors (Lipinski definition) is 3. The Kier molecular flexibility index (Phi) is 1.08. The number of nitrogens with zero attached hydrogens (tertiary/aromatic N) is 2. The molecule has 3 nitrogen and oxygen atoms in total. The Balaban J connectivity index is 2.25. The molecule has 0 N–H and O–H groups in total. The Hall–Kier alpha value is -2.16. The quantitative estimate of drug-likeness (QED) is 0.319. The molecule has 0 spiro atoms. The molecule has 0 aliphatic carbocycles. The molecule has 1 aliphatic heterocycles. The van der Waals surface area contributed by atoms with Crippen LogP contribution in [0.4, 0.5) is 0 Å². The zero-order valence-corrected chi connectivity index (χ0v) is 7.77. The molecule has 0 atom stereocenters. The van der Waals surface area contributed by atoms with Crippen LogP contribution in [0.5, 0.6) is 11.5 Å². The molecule has 1 aliphatic rings. The summed E-state index contributed by atoms with van der Waals surface area (Å²) in [5, 5.41) is 0. The van der Waals surface area contributed by atoms with E-state index in [1.807, 2.05) is 36.4 Å². The summed E-state index contributed by atoms with van der Waals surface area (Å²) in [6, 6.07) is 11.7. The number of aromatic nitrogens is 2. The molecule has 3 aromatic rings. The summed E-state index contributed by atoms with van der Waals surface area (Å²) in [4.78, 5) is 9.07. The van der Waals surface area contributed by atoms with Gasteiger partial charge in [-0.05, 0) is 24.3 Å². The zero-order chi connectivity index (χ0) is 9.83. The monoisotopic (exact) mass is 194 g/mol. The van der Waals surface area contributed by atoms with Gasteiger partial charge in [0.05, 0.1) is 16.6 Å². The van der Waals surface area contributed by atoms with E-state index in [0.29, 0.717) is 0 Å². The Morgan fingerprint density at radius 2 is 1.60 bits per heavy atom. The van der Waals surface area contributed by atoms with Crippen LogP contribution in [0, 0.1) is 0 Å². The predicted molar refractivity (Wildman–Crippen MR) is 57.1 cm³/mol. The molecule has 2 aromatic carbocycles. The van der Waals surface area contributed by atoms with Crippen LogP contribution in [0.25, 0.3) is 22.1 Å². The highest BCUT2D eigenvalue weighted by atomic mass is 16.6. The van der Waals surface area contributed by atoms with E-state index in [-0.39, 0.29) is 0 Å². The highest BCUT2D eigenvalue weighted by Gasteiger charge is 2.24. The molecule has 0 fully saturated rings. The van der Waals surface area contributed by atoms with Gasteiger partial charge in [-0.2, -0.15) is 0 Å². The number of rotatable bonds is 0. The average molecular weight is 194 g/mol. The second-order valence-corrected chi connectivity index (χ2v) is 3.57. The lowest BCUT2D eigenvalue weighted by molar-refractivity contribution is 0.652. The van der Waals surface area contributed by atoms with Crippen LogP contribution >= 0.6 is 0 Å². The van der Waals surface area contributed by atoms with Gasteiger partial charge >= 0.3 is 0 Å². The average Bonchev–Trinajstić information content (AvgIpc) is 3.06. The van der Waals surface area contributed by atoms with Gasteiger partial charge in [-0.25, -0.2) is 9.97 Å². The third-order valence-corrected chi connectivity index (χ3v) is 2.60. The number of fused-ring (bicyclic) bond motifs is 4. The molecular weight excluding hydrogens is 188 g/mol. The van der Waals surface area contributed by atoms with Crippen molar-refractivity contribution >= 4 is 22.1 Å². The molecule has 3 heteroatoms. The molecule has 70 valence electrons. The molecule has 0 radical (unpaired) electrons. The SMILES string of the molecule is c1ccc2nc3c4c(ccc3nc2c1)O4. The number of benzene rings is 2. The fourth-order valence-electron chi connectivity index (χ4n) is 1.81. The van der Waals surface area contributed by atoms with E-state index in [1.54, 1.807) is 0 Å². The minimum absolute atomic E-state index is 0.867. The molecule has 0 amide bonds. The maximum absolute atomic E-state index is 5.30. The minimum atomic E-state index is 0.867. The summed E-state index contributed by atoms with van der Waals surface area (Å²) < 4.78 is 5.30. The van der Waals surface area contributed by atoms with Crippen LogP contribution in [0.15, 0.2) is 36.4 Å². The van der Waals surface area contributed by atoms with Gasteiger partial charge in [0.15, 0.2) is 11.5 Å². The second kappa shape index (κ2) is 2.25. The van der Waals surface area contributed by atoms with Crippen molar-refractivity contribution in [1.82, 2.24) is 9.97 Å². The van der Waals surface area contributed by atoms with Gasteiger partial charge in [0.1, 0.15) is 5.52 Å². The summed E-state index contributed by atoms with van der Waals surface area (Å²) in [5.41, 5.74) is 3.59. The fourth-order valence-corrected chi connectivity index (χ4v) is 1.81. The minimum Gasteiger partial charge on any atom is -0.447 e. The van der Waals surface area contributed by atoms with Crippen LogP contribution in [0.3, 0.4) is 0 Å². The van der Waals surface area contributed by atoms with Crippen molar-refractivity contribution in [3.63, 3.8) is 0 Å². The Morgan fingerprint density at radius 1 is 0.800 bits per heavy atom. The van der Waals surface area contributed by atoms with Crippen molar-refractivity contribution in [3.05, 3.63) is 36.4 Å². The molecule has 0 unspecified atom stereocenters. The molecular formula is C12H6N2O. The van der Waals surface area contributed by atoms with E-state index in [4.69, 9.17) is 4.74 Å². The Morgan fingerprint density at radius 3 is 2.47 bits per heavy atom. The predicted octanol–water partition coefficient (Wildman–Crippen LogP) is 2.89. The highest BCUT2D eigenvalue weighted by Crippen LogP contribution is 2.49. The van der Waals surface area contributed by atoms with Gasteiger partial charge < -0.3 is 4.74 Å². The van der Waals surface area contributed by atoms with E-state index in [0.717, 1.165) is 33.6 Å². The van der Waals surface area contributed by atoms with Crippen molar-refractivity contribution in [3.8, 4) is 11.5 Å². The maximum Gasteiger partial charge on any atom is 0.197 e. The molecule has 0 bridgehead atoms. The van der Waals surface area contributed by atoms with E-state index in [9.17, 15) is 0 Å². The third-order valence-electron chi connectivity index (χ3n) is 2.60. The molecule has 2 heterocycles. The number of hydrogen-bond donors (Lipinski definition) is 0. The Bertz CT molecular complexity index is 706. The summed E-state index contributed by atoms with van der Waals surface area (Å²) in [6.45, 7) is 0. The zero-order valence-electron chi connectivity index (χ0n) is 7.77. The van der Waals surface area contributed by atoms with Crippen molar-refractivity contribution in [2.24, 2.45) is 0 Å². The first-order chi connectivity index (χ1) is 7.42. The van der Waals surface area contributed by atoms with Gasteiger partial charge in [0, 0.05) is 0 Å². The van der Waals surface area contributed by atoms with Gasteiger partial charge in [0.25, 0.3) is 0 Å². The maximum atomic E-state index is 5.30. The van der Waals surface area contributed by atoms with E-state index < -0.39 is 0 Å². The Labute approximate surface area is 85.3 Å². The van der Waals surface area contributed by atoms with E-state index in [2.05, 4.69) is 9.97 Å². The van der Waals surface area contributed by atoms with Crippen molar-refractivity contribution in [1.29, 1.82) is 0 Å². The summed E-state index contributed by atoms with van der Waals surface area (Å²) in [7, 11) is 0. The lowest BCUT2D eigenvalue weighted by atomic mass is 10.2. The molecule has 0 saturated carbocycles. The highest BCUT2D eigenvalue weighted by molar-refractivity contribution is 5.94. The van der Waals surface area contributed by atoms with E-state index >= 15 is 0 Å². The molecule has 4 rings (SSSR count). The molecule has 1 aromatic heterocycles. The smallest absolute Gasteiger partial charge is 0.197 e. The first-order valence-corrected chi connectivity index (χ1v) is 4.79. The van der Waals surface area contributed by atoms with Gasteiger partial charge in [-0.15, -0.1) is 0 Å². The lowest BCUT2D eigenvalue weighted by Gasteiger charge is -1.97. The first-order valence-electron chi connectivity index (χ1n) is 4.79. The van der Waals surface area contributed by atoms with Gasteiger partial charge in [0.2, 0.25) is 0 Å². The largest absolute Gasteiger partial charge is 0.447 e. The van der Waals surface area contributed by atoms with E-state index in [1.165, 1.54) is 0 Å². The fraction of sp³-hybridized carbons (Fsp3) is 0. The number of para-hydroxylation sites is 2. The van der Waals surface area contributed by atoms with Crippen molar-refractivity contribution in [2.45, 2.75) is 0 Å².